The number of ether oxygens (including phenoxy) is 2. The van der Waals surface area contributed by atoms with Crippen molar-refractivity contribution in [2.24, 2.45) is 0 Å². The highest BCUT2D eigenvalue weighted by Crippen LogP contribution is 2.36. The molecule has 0 unspecified atom stereocenters. The van der Waals surface area contributed by atoms with Crippen LogP contribution < -0.4 is 9.47 Å². The molecule has 0 aliphatic rings. The van der Waals surface area contributed by atoms with Crippen molar-refractivity contribution in [3.63, 3.8) is 0 Å². The summed E-state index contributed by atoms with van der Waals surface area (Å²) in [6.07, 6.45) is 1.73. The number of halogens is 3. The smallest absolute Gasteiger partial charge is 0.157 e. The zero-order valence-electron chi connectivity index (χ0n) is 15.5. The van der Waals surface area contributed by atoms with Gasteiger partial charge in [0.05, 0.1) is 28.8 Å². The maximum absolute atomic E-state index is 9.55. The van der Waals surface area contributed by atoms with Gasteiger partial charge in [0.2, 0.25) is 0 Å². The molecule has 0 fully saturated rings. The summed E-state index contributed by atoms with van der Waals surface area (Å²) in [5.74, 6) is 1.14. The minimum absolute atomic E-state index is 0.344. The molecular weight excluding hydrogens is 473 g/mol. The van der Waals surface area contributed by atoms with Crippen molar-refractivity contribution in [1.82, 2.24) is 0 Å². The van der Waals surface area contributed by atoms with Crippen LogP contribution in [-0.2, 0) is 6.61 Å². The molecule has 3 aromatic rings. The summed E-state index contributed by atoms with van der Waals surface area (Å²) >= 11 is 16.2. The molecule has 0 saturated heterocycles. The van der Waals surface area contributed by atoms with Gasteiger partial charge in [0, 0.05) is 4.47 Å². The van der Waals surface area contributed by atoms with Gasteiger partial charge in [0.1, 0.15) is 12.4 Å². The van der Waals surface area contributed by atoms with Crippen LogP contribution in [0.4, 0.5) is 0 Å². The summed E-state index contributed by atoms with van der Waals surface area (Å²) in [6.45, 7) is 0.344. The lowest BCUT2D eigenvalue weighted by molar-refractivity contribution is 0.306. The van der Waals surface area contributed by atoms with Crippen molar-refractivity contribution in [2.45, 2.75) is 6.61 Å². The zero-order chi connectivity index (χ0) is 20.8. The van der Waals surface area contributed by atoms with E-state index in [1.807, 2.05) is 36.4 Å². The lowest BCUT2D eigenvalue weighted by Crippen LogP contribution is -1.97. The molecule has 0 atom stereocenters. The lowest BCUT2D eigenvalue weighted by Gasteiger charge is -2.11. The highest BCUT2D eigenvalue weighted by Gasteiger charge is 2.11. The van der Waals surface area contributed by atoms with E-state index < -0.39 is 0 Å². The Morgan fingerprint density at radius 3 is 2.21 bits per heavy atom. The molecule has 3 aromatic carbocycles. The minimum Gasteiger partial charge on any atom is -0.497 e. The van der Waals surface area contributed by atoms with Gasteiger partial charge in [-0.2, -0.15) is 5.26 Å². The molecular formula is C23H16BrCl2NO2. The number of nitrogens with zero attached hydrogens (tertiary/aromatic N) is 1. The summed E-state index contributed by atoms with van der Waals surface area (Å²) in [5.41, 5.74) is 2.97. The van der Waals surface area contributed by atoms with Crippen molar-refractivity contribution in [1.29, 1.82) is 5.26 Å². The van der Waals surface area contributed by atoms with Crippen LogP contribution in [-0.4, -0.2) is 7.11 Å². The number of hydrogen-bond acceptors (Lipinski definition) is 3. The molecule has 3 rings (SSSR count). The Morgan fingerprint density at radius 1 is 1.03 bits per heavy atom. The second-order valence-electron chi connectivity index (χ2n) is 6.13. The fraction of sp³-hybridized carbons (Fsp3) is 0.0870. The molecule has 146 valence electrons. The second-order valence-corrected chi connectivity index (χ2v) is 7.86. The monoisotopic (exact) mass is 487 g/mol. The summed E-state index contributed by atoms with van der Waals surface area (Å²) in [7, 11) is 1.60. The molecule has 0 amide bonds. The normalized spacial score (nSPS) is 11.1. The van der Waals surface area contributed by atoms with Gasteiger partial charge in [-0.25, -0.2) is 0 Å². The Morgan fingerprint density at radius 2 is 1.66 bits per heavy atom. The first-order chi connectivity index (χ1) is 14.0. The number of methoxy groups -OCH3 is 1. The molecule has 0 aliphatic heterocycles. The summed E-state index contributed by atoms with van der Waals surface area (Å²) in [5, 5.41) is 10.3. The fourth-order valence-electron chi connectivity index (χ4n) is 2.65. The third-order valence-electron chi connectivity index (χ3n) is 4.15. The quantitative estimate of drug-likeness (QED) is 0.268. The first kappa shape index (κ1) is 21.3. The average molecular weight is 489 g/mol. The van der Waals surface area contributed by atoms with Crippen molar-refractivity contribution < 1.29 is 9.47 Å². The van der Waals surface area contributed by atoms with Gasteiger partial charge in [-0.3, -0.25) is 0 Å². The fourth-order valence-corrected chi connectivity index (χ4v) is 3.53. The molecule has 0 heterocycles. The zero-order valence-corrected chi connectivity index (χ0v) is 18.6. The molecule has 0 radical (unpaired) electrons. The van der Waals surface area contributed by atoms with Gasteiger partial charge < -0.3 is 9.47 Å². The third-order valence-corrected chi connectivity index (χ3v) is 5.24. The Kier molecular flexibility index (Phi) is 7.22. The summed E-state index contributed by atoms with van der Waals surface area (Å²) in [4.78, 5) is 0. The van der Waals surface area contributed by atoms with Gasteiger partial charge in [-0.05, 0) is 71.3 Å². The van der Waals surface area contributed by atoms with E-state index in [9.17, 15) is 5.26 Å². The van der Waals surface area contributed by atoms with E-state index in [0.717, 1.165) is 21.3 Å². The molecule has 0 saturated carbocycles. The van der Waals surface area contributed by atoms with Crippen molar-refractivity contribution in [3.05, 3.63) is 91.9 Å². The molecule has 0 spiro atoms. The van der Waals surface area contributed by atoms with E-state index in [1.165, 1.54) is 0 Å². The number of benzene rings is 3. The minimum atomic E-state index is 0.344. The van der Waals surface area contributed by atoms with Crippen LogP contribution in [0.15, 0.2) is 65.1 Å². The molecule has 0 bridgehead atoms. The standard InChI is InChI=1S/C23H16BrCl2NO2/c1-28-20-8-4-17(5-9-20)18(13-27)10-16-11-21(25)23(22(26)12-16)29-14-15-2-6-19(24)7-3-15/h2-12H,14H2,1H3/b18-10+. The average Bonchev–Trinajstić information content (AvgIpc) is 2.73. The molecule has 0 aromatic heterocycles. The van der Waals surface area contributed by atoms with Gasteiger partial charge in [0.25, 0.3) is 0 Å². The maximum atomic E-state index is 9.55. The van der Waals surface area contributed by atoms with Crippen LogP contribution in [0.1, 0.15) is 16.7 Å². The van der Waals surface area contributed by atoms with Crippen LogP contribution >= 0.6 is 39.1 Å². The highest BCUT2D eigenvalue weighted by atomic mass is 79.9. The largest absolute Gasteiger partial charge is 0.497 e. The highest BCUT2D eigenvalue weighted by molar-refractivity contribution is 9.10. The van der Waals surface area contributed by atoms with Crippen molar-refractivity contribution in [2.75, 3.05) is 7.11 Å². The van der Waals surface area contributed by atoms with Crippen molar-refractivity contribution in [3.8, 4) is 17.6 Å². The number of rotatable bonds is 6. The predicted molar refractivity (Wildman–Crippen MR) is 121 cm³/mol. The Hall–Kier alpha value is -2.45. The lowest BCUT2D eigenvalue weighted by atomic mass is 10.0. The molecule has 29 heavy (non-hydrogen) atoms. The second kappa shape index (κ2) is 9.84. The Bertz CT molecular complexity index is 1050. The van der Waals surface area contributed by atoms with Gasteiger partial charge in [-0.1, -0.05) is 51.3 Å². The van der Waals surface area contributed by atoms with Crippen LogP contribution in [0.2, 0.25) is 10.0 Å². The first-order valence-corrected chi connectivity index (χ1v) is 10.2. The molecule has 0 N–H and O–H groups in total. The van der Waals surface area contributed by atoms with E-state index >= 15 is 0 Å². The SMILES string of the molecule is COc1ccc(/C(C#N)=C/c2cc(Cl)c(OCc3ccc(Br)cc3)c(Cl)c2)cc1. The van der Waals surface area contributed by atoms with Gasteiger partial charge in [0.15, 0.2) is 5.75 Å². The van der Waals surface area contributed by atoms with E-state index in [1.54, 1.807) is 37.5 Å². The van der Waals surface area contributed by atoms with Gasteiger partial charge in [-0.15, -0.1) is 0 Å². The first-order valence-electron chi connectivity index (χ1n) is 8.62. The van der Waals surface area contributed by atoms with E-state index in [-0.39, 0.29) is 0 Å². The number of nitriles is 1. The Balaban J connectivity index is 1.82. The summed E-state index contributed by atoms with van der Waals surface area (Å²) < 4.78 is 12.0. The third kappa shape index (κ3) is 5.55. The van der Waals surface area contributed by atoms with Crippen LogP contribution in [0.3, 0.4) is 0 Å². The Labute approximate surface area is 188 Å². The predicted octanol–water partition coefficient (Wildman–Crippen LogP) is 7.41. The topological polar surface area (TPSA) is 42.2 Å². The van der Waals surface area contributed by atoms with E-state index in [4.69, 9.17) is 32.7 Å². The van der Waals surface area contributed by atoms with E-state index in [2.05, 4.69) is 22.0 Å². The molecule has 3 nitrogen and oxygen atoms in total. The van der Waals surface area contributed by atoms with Crippen molar-refractivity contribution >= 4 is 50.8 Å². The molecule has 6 heteroatoms. The van der Waals surface area contributed by atoms with Crippen LogP contribution in [0.25, 0.3) is 11.6 Å². The maximum Gasteiger partial charge on any atom is 0.157 e. The van der Waals surface area contributed by atoms with Crippen LogP contribution in [0.5, 0.6) is 11.5 Å². The van der Waals surface area contributed by atoms with E-state index in [0.29, 0.717) is 33.5 Å². The number of allylic oxidation sites excluding steroid dienone is 1. The van der Waals surface area contributed by atoms with Gasteiger partial charge >= 0.3 is 0 Å². The summed E-state index contributed by atoms with van der Waals surface area (Å²) in [6, 6.07) is 20.7. The van der Waals surface area contributed by atoms with Crippen LogP contribution in [0, 0.1) is 11.3 Å². The number of hydrogen-bond donors (Lipinski definition) is 0. The molecule has 0 aliphatic carbocycles.